The maximum atomic E-state index is 12.8. The minimum absolute atomic E-state index is 0.234. The molecule has 0 spiro atoms. The summed E-state index contributed by atoms with van der Waals surface area (Å²) in [7, 11) is 0. The predicted molar refractivity (Wildman–Crippen MR) is 91.6 cm³/mol. The van der Waals surface area contributed by atoms with E-state index in [1.54, 1.807) is 24.3 Å². The number of hydrogen-bond donors (Lipinski definition) is 1. The first-order chi connectivity index (χ1) is 11.5. The Labute approximate surface area is 141 Å². The SMILES string of the molecule is CC(C)C[C@@H]([C@H](O)c1ccccc1)N1C(=O)c2ccccc2C1=O. The first-order valence-corrected chi connectivity index (χ1v) is 8.20. The molecule has 2 amide bonds. The van der Waals surface area contributed by atoms with E-state index in [-0.39, 0.29) is 17.7 Å². The van der Waals surface area contributed by atoms with Crippen LogP contribution in [-0.2, 0) is 0 Å². The van der Waals surface area contributed by atoms with Gasteiger partial charge in [-0.25, -0.2) is 0 Å². The van der Waals surface area contributed by atoms with Crippen LogP contribution in [0.1, 0.15) is 52.7 Å². The van der Waals surface area contributed by atoms with Crippen molar-refractivity contribution in [3.8, 4) is 0 Å². The fourth-order valence-corrected chi connectivity index (χ4v) is 3.24. The van der Waals surface area contributed by atoms with Crippen LogP contribution in [0, 0.1) is 5.92 Å². The van der Waals surface area contributed by atoms with Gasteiger partial charge in [0.1, 0.15) is 0 Å². The lowest BCUT2D eigenvalue weighted by Gasteiger charge is -2.32. The molecule has 0 radical (unpaired) electrons. The van der Waals surface area contributed by atoms with E-state index < -0.39 is 12.1 Å². The van der Waals surface area contributed by atoms with Crippen molar-refractivity contribution < 1.29 is 14.7 Å². The Morgan fingerprint density at radius 2 is 1.38 bits per heavy atom. The molecule has 24 heavy (non-hydrogen) atoms. The van der Waals surface area contributed by atoms with Crippen LogP contribution in [0.4, 0.5) is 0 Å². The van der Waals surface area contributed by atoms with Crippen LogP contribution >= 0.6 is 0 Å². The Balaban J connectivity index is 1.99. The van der Waals surface area contributed by atoms with Crippen LogP contribution < -0.4 is 0 Å². The summed E-state index contributed by atoms with van der Waals surface area (Å²) in [4.78, 5) is 26.8. The molecular formula is C20H21NO3. The Bertz CT molecular complexity index is 719. The number of imide groups is 1. The van der Waals surface area contributed by atoms with Gasteiger partial charge in [0, 0.05) is 0 Å². The van der Waals surface area contributed by atoms with Crippen LogP contribution in [0.15, 0.2) is 54.6 Å². The van der Waals surface area contributed by atoms with Gasteiger partial charge < -0.3 is 5.11 Å². The van der Waals surface area contributed by atoms with Gasteiger partial charge in [0.2, 0.25) is 0 Å². The fourth-order valence-electron chi connectivity index (χ4n) is 3.24. The normalized spacial score (nSPS) is 16.4. The molecule has 0 saturated heterocycles. The van der Waals surface area contributed by atoms with E-state index in [1.165, 1.54) is 4.90 Å². The van der Waals surface area contributed by atoms with E-state index in [1.807, 2.05) is 44.2 Å². The Hall–Kier alpha value is -2.46. The third kappa shape index (κ3) is 2.85. The summed E-state index contributed by atoms with van der Waals surface area (Å²) in [5, 5.41) is 10.9. The highest BCUT2D eigenvalue weighted by Crippen LogP contribution is 2.32. The summed E-state index contributed by atoms with van der Waals surface area (Å²) in [6.45, 7) is 4.03. The van der Waals surface area contributed by atoms with Gasteiger partial charge in [0.15, 0.2) is 0 Å². The number of benzene rings is 2. The van der Waals surface area contributed by atoms with Gasteiger partial charge in [-0.2, -0.15) is 0 Å². The fraction of sp³-hybridized carbons (Fsp3) is 0.300. The Morgan fingerprint density at radius 3 is 1.88 bits per heavy atom. The smallest absolute Gasteiger partial charge is 0.261 e. The minimum atomic E-state index is -0.907. The molecule has 2 atom stereocenters. The standard InChI is InChI=1S/C20H21NO3/c1-13(2)12-17(18(22)14-8-4-3-5-9-14)21-19(23)15-10-6-7-11-16(15)20(21)24/h3-11,13,17-18,22H,12H2,1-2H3/t17-,18+/m0/s1. The molecule has 0 aromatic heterocycles. The summed E-state index contributed by atoms with van der Waals surface area (Å²) < 4.78 is 0. The van der Waals surface area contributed by atoms with Gasteiger partial charge in [-0.05, 0) is 30.0 Å². The average molecular weight is 323 g/mol. The highest BCUT2D eigenvalue weighted by molar-refractivity contribution is 6.21. The van der Waals surface area contributed by atoms with Gasteiger partial charge in [0.25, 0.3) is 11.8 Å². The zero-order chi connectivity index (χ0) is 17.3. The number of amides is 2. The van der Waals surface area contributed by atoms with E-state index in [9.17, 15) is 14.7 Å². The third-order valence-electron chi connectivity index (χ3n) is 4.38. The second-order valence-electron chi connectivity index (χ2n) is 6.58. The van der Waals surface area contributed by atoms with Crippen LogP contribution in [-0.4, -0.2) is 27.9 Å². The van der Waals surface area contributed by atoms with Crippen molar-refractivity contribution in [1.82, 2.24) is 4.90 Å². The molecule has 1 heterocycles. The number of carbonyl (C=O) groups is 2. The van der Waals surface area contributed by atoms with Gasteiger partial charge in [-0.3, -0.25) is 14.5 Å². The van der Waals surface area contributed by atoms with Crippen molar-refractivity contribution in [1.29, 1.82) is 0 Å². The number of rotatable bonds is 5. The Morgan fingerprint density at radius 1 is 0.875 bits per heavy atom. The number of carbonyl (C=O) groups excluding carboxylic acids is 2. The van der Waals surface area contributed by atoms with Crippen molar-refractivity contribution in [2.45, 2.75) is 32.4 Å². The average Bonchev–Trinajstić information content (AvgIpc) is 2.84. The predicted octanol–water partition coefficient (Wildman–Crippen LogP) is 3.43. The molecule has 2 aromatic rings. The molecule has 0 unspecified atom stereocenters. The summed E-state index contributed by atoms with van der Waals surface area (Å²) in [6.07, 6.45) is -0.363. The second-order valence-corrected chi connectivity index (χ2v) is 6.58. The zero-order valence-electron chi connectivity index (χ0n) is 13.8. The van der Waals surface area contributed by atoms with Crippen LogP contribution in [0.2, 0.25) is 0 Å². The number of nitrogens with zero attached hydrogens (tertiary/aromatic N) is 1. The van der Waals surface area contributed by atoms with Gasteiger partial charge in [-0.1, -0.05) is 56.3 Å². The molecule has 4 nitrogen and oxygen atoms in total. The molecule has 0 fully saturated rings. The molecule has 0 saturated carbocycles. The van der Waals surface area contributed by atoms with Crippen molar-refractivity contribution in [3.63, 3.8) is 0 Å². The highest BCUT2D eigenvalue weighted by Gasteiger charge is 2.42. The van der Waals surface area contributed by atoms with Crippen LogP contribution in [0.25, 0.3) is 0 Å². The summed E-state index contributed by atoms with van der Waals surface area (Å²) in [5.41, 5.74) is 1.53. The first-order valence-electron chi connectivity index (χ1n) is 8.20. The lowest BCUT2D eigenvalue weighted by molar-refractivity contribution is 0.0286. The molecular weight excluding hydrogens is 302 g/mol. The molecule has 1 aliphatic heterocycles. The van der Waals surface area contributed by atoms with E-state index >= 15 is 0 Å². The van der Waals surface area contributed by atoms with E-state index in [0.29, 0.717) is 23.1 Å². The maximum absolute atomic E-state index is 12.8. The number of hydrogen-bond acceptors (Lipinski definition) is 3. The number of aliphatic hydroxyl groups is 1. The van der Waals surface area contributed by atoms with E-state index in [2.05, 4.69) is 0 Å². The minimum Gasteiger partial charge on any atom is -0.386 e. The van der Waals surface area contributed by atoms with E-state index in [0.717, 1.165) is 0 Å². The molecule has 3 rings (SSSR count). The zero-order valence-corrected chi connectivity index (χ0v) is 13.8. The van der Waals surface area contributed by atoms with Crippen LogP contribution in [0.3, 0.4) is 0 Å². The van der Waals surface area contributed by atoms with E-state index in [4.69, 9.17) is 0 Å². The molecule has 0 bridgehead atoms. The summed E-state index contributed by atoms with van der Waals surface area (Å²) in [6, 6.07) is 15.4. The number of fused-ring (bicyclic) bond motifs is 1. The molecule has 1 N–H and O–H groups in total. The molecule has 1 aliphatic rings. The summed E-state index contributed by atoms with van der Waals surface area (Å²) >= 11 is 0. The van der Waals surface area contributed by atoms with Gasteiger partial charge in [-0.15, -0.1) is 0 Å². The lowest BCUT2D eigenvalue weighted by atomic mass is 9.93. The van der Waals surface area contributed by atoms with Crippen LogP contribution in [0.5, 0.6) is 0 Å². The molecule has 0 aliphatic carbocycles. The van der Waals surface area contributed by atoms with Crippen molar-refractivity contribution in [2.24, 2.45) is 5.92 Å². The largest absolute Gasteiger partial charge is 0.386 e. The number of aliphatic hydroxyl groups excluding tert-OH is 1. The molecule has 4 heteroatoms. The van der Waals surface area contributed by atoms with Crippen molar-refractivity contribution >= 4 is 11.8 Å². The Kier molecular flexibility index (Phi) is 4.49. The maximum Gasteiger partial charge on any atom is 0.261 e. The van der Waals surface area contributed by atoms with Crippen molar-refractivity contribution in [3.05, 3.63) is 71.3 Å². The van der Waals surface area contributed by atoms with Crippen molar-refractivity contribution in [2.75, 3.05) is 0 Å². The molecule has 2 aromatic carbocycles. The summed E-state index contributed by atoms with van der Waals surface area (Å²) in [5.74, 6) is -0.412. The highest BCUT2D eigenvalue weighted by atomic mass is 16.3. The quantitative estimate of drug-likeness (QED) is 0.858. The molecule has 124 valence electrons. The monoisotopic (exact) mass is 323 g/mol. The first kappa shape index (κ1) is 16.4. The topological polar surface area (TPSA) is 57.6 Å². The lowest BCUT2D eigenvalue weighted by Crippen LogP contribution is -2.44. The second kappa shape index (κ2) is 6.57. The third-order valence-corrected chi connectivity index (χ3v) is 4.38. The van der Waals surface area contributed by atoms with Gasteiger partial charge >= 0.3 is 0 Å². The van der Waals surface area contributed by atoms with Gasteiger partial charge in [0.05, 0.1) is 23.3 Å².